The van der Waals surface area contributed by atoms with Gasteiger partial charge in [-0.25, -0.2) is 4.98 Å². The number of halogens is 2. The van der Waals surface area contributed by atoms with Crippen molar-refractivity contribution in [3.05, 3.63) is 41.6 Å². The Hall–Kier alpha value is -3.03. The lowest BCUT2D eigenvalue weighted by molar-refractivity contribution is -0.101. The molecule has 7 fully saturated rings. The number of nitrogens with zero attached hydrogens (tertiary/aromatic N) is 3. The SMILES string of the molecule is N#Cc1cnc(NCc2ccccc2OC(F)F)nc1NCC12CC3C[C@@H](C1)C(NCC14CCC(O)(CC1)CC4)[C@@H](C3)C2. The number of hydrogen-bond donors (Lipinski definition) is 4. The van der Waals surface area contributed by atoms with E-state index in [1.807, 2.05) is 0 Å². The molecule has 1 aromatic carbocycles. The van der Waals surface area contributed by atoms with Crippen LogP contribution in [0.4, 0.5) is 20.5 Å². The molecule has 0 unspecified atom stereocenters. The molecule has 8 nitrogen and oxygen atoms in total. The first-order valence-electron chi connectivity index (χ1n) is 16.0. The molecule has 7 saturated carbocycles. The molecule has 43 heavy (non-hydrogen) atoms. The number of alkyl halides is 2. The molecule has 0 saturated heterocycles. The van der Waals surface area contributed by atoms with Gasteiger partial charge in [0.1, 0.15) is 23.2 Å². The van der Waals surface area contributed by atoms with E-state index in [-0.39, 0.29) is 23.3 Å². The number of fused-ring (bicyclic) bond motifs is 3. The minimum atomic E-state index is -2.90. The number of anilines is 2. The van der Waals surface area contributed by atoms with E-state index >= 15 is 0 Å². The van der Waals surface area contributed by atoms with E-state index in [4.69, 9.17) is 0 Å². The molecule has 7 aliphatic rings. The van der Waals surface area contributed by atoms with Gasteiger partial charge >= 0.3 is 6.61 Å². The molecule has 9 rings (SSSR count). The largest absolute Gasteiger partial charge is 0.434 e. The minimum Gasteiger partial charge on any atom is -0.434 e. The standard InChI is InChI=1S/C33H42F2N6O2/c34-29(35)43-26-4-2-1-3-22(26)17-37-30-38-18-25(16-36)28(41-30)40-20-32-13-21-11-23(14-32)27(24(12-21)15-32)39-19-31-5-8-33(42,9-6-31)10-7-31/h1-4,18,21,23-24,27,29,39,42H,5-15,17,19-20H2,(H2,37,38,40,41)/t21?,23-,24-,27?,31?,32?,33?/m0/s1. The van der Waals surface area contributed by atoms with Crippen LogP contribution in [0.15, 0.2) is 30.5 Å². The van der Waals surface area contributed by atoms with Crippen molar-refractivity contribution in [3.63, 3.8) is 0 Å². The van der Waals surface area contributed by atoms with Gasteiger partial charge < -0.3 is 25.8 Å². The summed E-state index contributed by atoms with van der Waals surface area (Å²) in [5.41, 5.74) is 1.16. The van der Waals surface area contributed by atoms with Gasteiger partial charge in [0.25, 0.3) is 0 Å². The number of benzene rings is 1. The highest BCUT2D eigenvalue weighted by atomic mass is 19.3. The quantitative estimate of drug-likeness (QED) is 0.257. The van der Waals surface area contributed by atoms with Gasteiger partial charge in [-0.2, -0.15) is 19.0 Å². The molecule has 0 radical (unpaired) electrons. The van der Waals surface area contributed by atoms with Gasteiger partial charge in [-0.15, -0.1) is 0 Å². The predicted molar refractivity (Wildman–Crippen MR) is 159 cm³/mol. The Morgan fingerprint density at radius 1 is 0.977 bits per heavy atom. The summed E-state index contributed by atoms with van der Waals surface area (Å²) in [6.07, 6.45) is 14.1. The van der Waals surface area contributed by atoms with Crippen molar-refractivity contribution in [2.45, 2.75) is 95.4 Å². The molecule has 1 heterocycles. The summed E-state index contributed by atoms with van der Waals surface area (Å²) in [6.45, 7) is -0.820. The second-order valence-corrected chi connectivity index (χ2v) is 14.4. The van der Waals surface area contributed by atoms with Crippen LogP contribution in [0.25, 0.3) is 0 Å². The van der Waals surface area contributed by atoms with E-state index < -0.39 is 6.61 Å². The molecule has 2 aromatic rings. The van der Waals surface area contributed by atoms with Crippen molar-refractivity contribution in [3.8, 4) is 11.8 Å². The molecule has 4 N–H and O–H groups in total. The van der Waals surface area contributed by atoms with Crippen molar-refractivity contribution in [1.29, 1.82) is 5.26 Å². The molecule has 2 atom stereocenters. The Bertz CT molecular complexity index is 1340. The third-order valence-electron chi connectivity index (χ3n) is 11.6. The molecule has 1 aromatic heterocycles. The van der Waals surface area contributed by atoms with E-state index in [9.17, 15) is 19.1 Å². The third kappa shape index (κ3) is 5.78. The topological polar surface area (TPSA) is 115 Å². The summed E-state index contributed by atoms with van der Waals surface area (Å²) in [5.74, 6) is 3.08. The fraction of sp³-hybridized carbons (Fsp3) is 0.667. The number of aliphatic hydroxyl groups is 1. The van der Waals surface area contributed by atoms with Gasteiger partial charge in [-0.3, -0.25) is 0 Å². The second kappa shape index (κ2) is 11.2. The summed E-state index contributed by atoms with van der Waals surface area (Å²) in [7, 11) is 0. The maximum atomic E-state index is 12.8. The number of rotatable bonds is 11. The second-order valence-electron chi connectivity index (χ2n) is 14.4. The molecular formula is C33H42F2N6O2. The highest BCUT2D eigenvalue weighted by molar-refractivity contribution is 5.53. The lowest BCUT2D eigenvalue weighted by Crippen LogP contribution is -2.61. The summed E-state index contributed by atoms with van der Waals surface area (Å²) >= 11 is 0. The fourth-order valence-corrected chi connectivity index (χ4v) is 9.58. The number of para-hydroxylation sites is 1. The average molecular weight is 593 g/mol. The van der Waals surface area contributed by atoms with E-state index in [0.717, 1.165) is 57.5 Å². The van der Waals surface area contributed by atoms with E-state index in [2.05, 4.69) is 36.7 Å². The highest BCUT2D eigenvalue weighted by Gasteiger charge is 2.56. The third-order valence-corrected chi connectivity index (χ3v) is 11.6. The van der Waals surface area contributed by atoms with Crippen LogP contribution in [-0.4, -0.2) is 46.4 Å². The van der Waals surface area contributed by atoms with Crippen LogP contribution < -0.4 is 20.7 Å². The van der Waals surface area contributed by atoms with Crippen LogP contribution in [-0.2, 0) is 6.54 Å². The maximum Gasteiger partial charge on any atom is 0.387 e. The Kier molecular flexibility index (Phi) is 7.45. The Balaban J connectivity index is 0.986. The molecule has 10 heteroatoms. The summed E-state index contributed by atoms with van der Waals surface area (Å²) in [6, 6.07) is 9.43. The van der Waals surface area contributed by atoms with Crippen LogP contribution in [0, 0.1) is 39.9 Å². The lowest BCUT2D eigenvalue weighted by Gasteiger charge is -2.61. The normalized spacial score (nSPS) is 35.6. The van der Waals surface area contributed by atoms with Crippen LogP contribution in [0.1, 0.15) is 81.8 Å². The summed E-state index contributed by atoms with van der Waals surface area (Å²) < 4.78 is 30.3. The Labute approximate surface area is 252 Å². The first-order chi connectivity index (χ1) is 20.7. The van der Waals surface area contributed by atoms with E-state index in [1.165, 1.54) is 44.4 Å². The maximum absolute atomic E-state index is 12.8. The van der Waals surface area contributed by atoms with Crippen LogP contribution in [0.5, 0.6) is 5.75 Å². The molecule has 6 bridgehead atoms. The number of ether oxygens (including phenoxy) is 1. The monoisotopic (exact) mass is 592 g/mol. The molecule has 0 amide bonds. The number of nitrogens with one attached hydrogen (secondary N) is 3. The molecule has 0 aliphatic heterocycles. The lowest BCUT2D eigenvalue weighted by atomic mass is 9.47. The van der Waals surface area contributed by atoms with Crippen molar-refractivity contribution in [2.24, 2.45) is 28.6 Å². The smallest absolute Gasteiger partial charge is 0.387 e. The zero-order chi connectivity index (χ0) is 29.7. The fourth-order valence-electron chi connectivity index (χ4n) is 9.58. The van der Waals surface area contributed by atoms with Crippen molar-refractivity contribution in [1.82, 2.24) is 15.3 Å². The predicted octanol–water partition coefficient (Wildman–Crippen LogP) is 5.84. The van der Waals surface area contributed by atoms with Gasteiger partial charge in [0.05, 0.1) is 11.8 Å². The van der Waals surface area contributed by atoms with E-state index in [0.29, 0.717) is 46.2 Å². The molecule has 230 valence electrons. The van der Waals surface area contributed by atoms with Crippen LogP contribution in [0.3, 0.4) is 0 Å². The van der Waals surface area contributed by atoms with Gasteiger partial charge in [-0.05, 0) is 105 Å². The Morgan fingerprint density at radius 3 is 2.40 bits per heavy atom. The van der Waals surface area contributed by atoms with E-state index in [1.54, 1.807) is 18.2 Å². The number of nitriles is 1. The van der Waals surface area contributed by atoms with Crippen molar-refractivity contribution < 1.29 is 18.6 Å². The van der Waals surface area contributed by atoms with Crippen molar-refractivity contribution in [2.75, 3.05) is 23.7 Å². The van der Waals surface area contributed by atoms with Gasteiger partial charge in [0.2, 0.25) is 5.95 Å². The number of hydrogen-bond acceptors (Lipinski definition) is 8. The van der Waals surface area contributed by atoms with Gasteiger partial charge in [0, 0.05) is 31.2 Å². The summed E-state index contributed by atoms with van der Waals surface area (Å²) in [5, 5.41) is 31.1. The molecule has 7 aliphatic carbocycles. The van der Waals surface area contributed by atoms with Crippen LogP contribution >= 0.6 is 0 Å². The average Bonchev–Trinajstić information content (AvgIpc) is 2.99. The molecular weight excluding hydrogens is 550 g/mol. The first-order valence-corrected chi connectivity index (χ1v) is 16.0. The number of aromatic nitrogens is 2. The Morgan fingerprint density at radius 2 is 1.70 bits per heavy atom. The van der Waals surface area contributed by atoms with Gasteiger partial charge in [0.15, 0.2) is 0 Å². The summed E-state index contributed by atoms with van der Waals surface area (Å²) in [4.78, 5) is 8.90. The zero-order valence-electron chi connectivity index (χ0n) is 24.6. The molecule has 0 spiro atoms. The van der Waals surface area contributed by atoms with Gasteiger partial charge in [-0.1, -0.05) is 18.2 Å². The highest BCUT2D eigenvalue weighted by Crippen LogP contribution is 2.60. The van der Waals surface area contributed by atoms with Crippen LogP contribution in [0.2, 0.25) is 0 Å². The first kappa shape index (κ1) is 28.7. The minimum absolute atomic E-state index is 0.107. The zero-order valence-corrected chi connectivity index (χ0v) is 24.6. The van der Waals surface area contributed by atoms with Crippen molar-refractivity contribution >= 4 is 11.8 Å².